The molecule has 0 radical (unpaired) electrons. The molecule has 1 aromatic heterocycles. The first kappa shape index (κ1) is 12.4. The van der Waals surface area contributed by atoms with Crippen LogP contribution in [0.4, 0.5) is 6.01 Å². The van der Waals surface area contributed by atoms with Gasteiger partial charge in [-0.1, -0.05) is 0 Å². The van der Waals surface area contributed by atoms with Gasteiger partial charge >= 0.3 is 5.97 Å². The van der Waals surface area contributed by atoms with Crippen LogP contribution >= 0.6 is 0 Å². The molecule has 8 nitrogen and oxygen atoms in total. The van der Waals surface area contributed by atoms with Crippen molar-refractivity contribution >= 4 is 17.9 Å². The van der Waals surface area contributed by atoms with Crippen molar-refractivity contribution in [3.8, 4) is 0 Å². The van der Waals surface area contributed by atoms with Gasteiger partial charge in [0.05, 0.1) is 6.54 Å². The van der Waals surface area contributed by atoms with Crippen LogP contribution in [0.2, 0.25) is 0 Å². The molecule has 0 aliphatic carbocycles. The minimum absolute atomic E-state index is 0.0379. The molecule has 0 atom stereocenters. The minimum atomic E-state index is -1.17. The fourth-order valence-electron chi connectivity index (χ4n) is 1.63. The Hall–Kier alpha value is -2.09. The summed E-state index contributed by atoms with van der Waals surface area (Å²) < 4.78 is 4.88. The third-order valence-electron chi connectivity index (χ3n) is 2.58. The molecule has 0 aromatic carbocycles. The van der Waals surface area contributed by atoms with E-state index in [9.17, 15) is 9.59 Å². The maximum Gasteiger partial charge on any atom is 0.357 e. The van der Waals surface area contributed by atoms with E-state index >= 15 is 0 Å². The number of carbonyl (C=O) groups is 2. The standard InChI is InChI=1S/C10H14N4O4/c15-8(14-3-1-11-2-4-14)5-12-10-13-7(6-18-10)9(16)17/h6,11H,1-5H2,(H,12,13)(H,16,17). The molecule has 1 aliphatic rings. The van der Waals surface area contributed by atoms with Gasteiger partial charge in [0.15, 0.2) is 5.69 Å². The summed E-state index contributed by atoms with van der Waals surface area (Å²) in [7, 11) is 0. The van der Waals surface area contributed by atoms with E-state index in [1.54, 1.807) is 4.90 Å². The number of piperazine rings is 1. The highest BCUT2D eigenvalue weighted by atomic mass is 16.4. The fraction of sp³-hybridized carbons (Fsp3) is 0.500. The van der Waals surface area contributed by atoms with Gasteiger partial charge in [-0.25, -0.2) is 4.79 Å². The molecule has 2 heterocycles. The minimum Gasteiger partial charge on any atom is -0.476 e. The molecule has 8 heteroatoms. The predicted molar refractivity (Wildman–Crippen MR) is 61.4 cm³/mol. The van der Waals surface area contributed by atoms with Gasteiger partial charge in [0.1, 0.15) is 6.26 Å². The number of aromatic nitrogens is 1. The number of hydrogen-bond donors (Lipinski definition) is 3. The molecular formula is C10H14N4O4. The Bertz CT molecular complexity index is 439. The number of nitrogens with one attached hydrogen (secondary N) is 2. The summed E-state index contributed by atoms with van der Waals surface area (Å²) in [6.07, 6.45) is 1.03. The van der Waals surface area contributed by atoms with E-state index in [2.05, 4.69) is 15.6 Å². The highest BCUT2D eigenvalue weighted by Gasteiger charge is 2.17. The molecule has 98 valence electrons. The zero-order valence-electron chi connectivity index (χ0n) is 9.68. The highest BCUT2D eigenvalue weighted by molar-refractivity contribution is 5.85. The lowest BCUT2D eigenvalue weighted by Crippen LogP contribution is -2.48. The number of aromatic carboxylic acids is 1. The van der Waals surface area contributed by atoms with E-state index in [0.717, 1.165) is 19.4 Å². The summed E-state index contributed by atoms with van der Waals surface area (Å²) in [4.78, 5) is 27.7. The molecule has 2 rings (SSSR count). The maximum absolute atomic E-state index is 11.8. The lowest BCUT2D eigenvalue weighted by Gasteiger charge is -2.27. The highest BCUT2D eigenvalue weighted by Crippen LogP contribution is 2.07. The summed E-state index contributed by atoms with van der Waals surface area (Å²) in [5.74, 6) is -1.23. The number of anilines is 1. The second-order valence-corrected chi connectivity index (χ2v) is 3.83. The summed E-state index contributed by atoms with van der Waals surface area (Å²) in [6.45, 7) is 2.96. The molecule has 18 heavy (non-hydrogen) atoms. The Kier molecular flexibility index (Phi) is 3.78. The molecule has 0 saturated carbocycles. The topological polar surface area (TPSA) is 108 Å². The Morgan fingerprint density at radius 3 is 2.83 bits per heavy atom. The van der Waals surface area contributed by atoms with Gasteiger partial charge in [0.25, 0.3) is 6.01 Å². The second-order valence-electron chi connectivity index (χ2n) is 3.83. The predicted octanol–water partition coefficient (Wildman–Crippen LogP) is -0.784. The monoisotopic (exact) mass is 254 g/mol. The number of oxazole rings is 1. The van der Waals surface area contributed by atoms with Gasteiger partial charge in [-0.3, -0.25) is 4.79 Å². The molecule has 1 amide bonds. The summed E-state index contributed by atoms with van der Waals surface area (Å²) in [5.41, 5.74) is -0.188. The third-order valence-corrected chi connectivity index (χ3v) is 2.58. The first-order valence-electron chi connectivity index (χ1n) is 5.58. The number of rotatable bonds is 4. The normalized spacial score (nSPS) is 15.4. The van der Waals surface area contributed by atoms with Crippen molar-refractivity contribution in [2.24, 2.45) is 0 Å². The number of carbonyl (C=O) groups excluding carboxylic acids is 1. The van der Waals surface area contributed by atoms with E-state index < -0.39 is 5.97 Å². The van der Waals surface area contributed by atoms with Crippen molar-refractivity contribution in [2.45, 2.75) is 0 Å². The van der Waals surface area contributed by atoms with Gasteiger partial charge < -0.3 is 25.1 Å². The Morgan fingerprint density at radius 1 is 1.50 bits per heavy atom. The van der Waals surface area contributed by atoms with Crippen LogP contribution in [0.15, 0.2) is 10.7 Å². The first-order valence-corrected chi connectivity index (χ1v) is 5.58. The average Bonchev–Trinajstić information content (AvgIpc) is 2.86. The van der Waals surface area contributed by atoms with E-state index in [4.69, 9.17) is 9.52 Å². The largest absolute Gasteiger partial charge is 0.476 e. The van der Waals surface area contributed by atoms with Gasteiger partial charge in [-0.2, -0.15) is 4.98 Å². The van der Waals surface area contributed by atoms with E-state index in [-0.39, 0.29) is 24.2 Å². The van der Waals surface area contributed by atoms with Crippen molar-refractivity contribution < 1.29 is 19.1 Å². The van der Waals surface area contributed by atoms with Crippen LogP contribution in [-0.2, 0) is 4.79 Å². The fourth-order valence-corrected chi connectivity index (χ4v) is 1.63. The van der Waals surface area contributed by atoms with Crippen molar-refractivity contribution in [1.82, 2.24) is 15.2 Å². The Morgan fingerprint density at radius 2 is 2.22 bits per heavy atom. The molecule has 3 N–H and O–H groups in total. The first-order chi connectivity index (χ1) is 8.66. The van der Waals surface area contributed by atoms with Crippen molar-refractivity contribution in [3.63, 3.8) is 0 Å². The van der Waals surface area contributed by atoms with Crippen LogP contribution in [0.25, 0.3) is 0 Å². The van der Waals surface area contributed by atoms with E-state index in [0.29, 0.717) is 13.1 Å². The summed E-state index contributed by atoms with van der Waals surface area (Å²) in [5, 5.41) is 14.5. The SMILES string of the molecule is O=C(O)c1coc(NCC(=O)N2CCNCC2)n1. The van der Waals surface area contributed by atoms with Crippen LogP contribution in [0.5, 0.6) is 0 Å². The summed E-state index contributed by atoms with van der Waals surface area (Å²) in [6, 6.07) is 0.0379. The number of nitrogens with zero attached hydrogens (tertiary/aromatic N) is 2. The van der Waals surface area contributed by atoms with Crippen LogP contribution in [0, 0.1) is 0 Å². The van der Waals surface area contributed by atoms with Crippen molar-refractivity contribution in [2.75, 3.05) is 38.0 Å². The number of hydrogen-bond acceptors (Lipinski definition) is 6. The summed E-state index contributed by atoms with van der Waals surface area (Å²) >= 11 is 0. The van der Waals surface area contributed by atoms with Crippen LogP contribution in [0.1, 0.15) is 10.5 Å². The quantitative estimate of drug-likeness (QED) is 0.646. The smallest absolute Gasteiger partial charge is 0.357 e. The molecular weight excluding hydrogens is 240 g/mol. The molecule has 1 aliphatic heterocycles. The van der Waals surface area contributed by atoms with E-state index in [1.807, 2.05) is 0 Å². The zero-order valence-corrected chi connectivity index (χ0v) is 9.68. The van der Waals surface area contributed by atoms with Gasteiger partial charge in [-0.15, -0.1) is 0 Å². The Balaban J connectivity index is 1.82. The average molecular weight is 254 g/mol. The zero-order chi connectivity index (χ0) is 13.0. The van der Waals surface area contributed by atoms with Gasteiger partial charge in [-0.05, 0) is 0 Å². The van der Waals surface area contributed by atoms with E-state index in [1.165, 1.54) is 0 Å². The van der Waals surface area contributed by atoms with Gasteiger partial charge in [0.2, 0.25) is 5.91 Å². The van der Waals surface area contributed by atoms with Crippen molar-refractivity contribution in [1.29, 1.82) is 0 Å². The molecule has 0 spiro atoms. The number of amides is 1. The Labute approximate surface area is 103 Å². The second kappa shape index (κ2) is 5.50. The number of carboxylic acid groups (broad SMARTS) is 1. The third kappa shape index (κ3) is 2.98. The molecule has 1 fully saturated rings. The molecule has 0 bridgehead atoms. The lowest BCUT2D eigenvalue weighted by molar-refractivity contribution is -0.129. The van der Waals surface area contributed by atoms with Gasteiger partial charge in [0, 0.05) is 26.2 Å². The molecule has 1 saturated heterocycles. The van der Waals surface area contributed by atoms with Crippen LogP contribution in [-0.4, -0.2) is 59.6 Å². The lowest BCUT2D eigenvalue weighted by atomic mass is 10.3. The molecule has 1 aromatic rings. The molecule has 0 unspecified atom stereocenters. The van der Waals surface area contributed by atoms with Crippen LogP contribution in [0.3, 0.4) is 0 Å². The van der Waals surface area contributed by atoms with Crippen molar-refractivity contribution in [3.05, 3.63) is 12.0 Å². The van der Waals surface area contributed by atoms with Crippen LogP contribution < -0.4 is 10.6 Å². The maximum atomic E-state index is 11.8. The number of carboxylic acids is 1.